The Balaban J connectivity index is 1.62. The van der Waals surface area contributed by atoms with Gasteiger partial charge in [-0.15, -0.1) is 0 Å². The lowest BCUT2D eigenvalue weighted by atomic mass is 10.1. The van der Waals surface area contributed by atoms with Gasteiger partial charge >= 0.3 is 0 Å². The summed E-state index contributed by atoms with van der Waals surface area (Å²) >= 11 is 0. The van der Waals surface area contributed by atoms with E-state index in [1.165, 1.54) is 0 Å². The largest absolute Gasteiger partial charge is 0.370 e. The highest BCUT2D eigenvalue weighted by atomic mass is 32.2. The number of nitrogens with one attached hydrogen (secondary N) is 1. The van der Waals surface area contributed by atoms with Gasteiger partial charge in [-0.05, 0) is 42.7 Å². The van der Waals surface area contributed by atoms with Crippen molar-refractivity contribution in [3.8, 4) is 0 Å². The molecule has 6 nitrogen and oxygen atoms in total. The zero-order valence-electron chi connectivity index (χ0n) is 15.5. The van der Waals surface area contributed by atoms with Crippen LogP contribution in [0.2, 0.25) is 0 Å². The number of aryl methyl sites for hydroxylation is 2. The molecule has 0 aromatic heterocycles. The number of morpholine rings is 1. The minimum absolute atomic E-state index is 0.169. The van der Waals surface area contributed by atoms with Crippen LogP contribution in [0.3, 0.4) is 0 Å². The third kappa shape index (κ3) is 4.74. The Hall–Kier alpha value is -2.22. The molecule has 0 aliphatic carbocycles. The number of hydrogen-bond donors (Lipinski definition) is 1. The van der Waals surface area contributed by atoms with Crippen molar-refractivity contribution in [2.45, 2.75) is 24.8 Å². The molecule has 7 heteroatoms. The molecule has 2 aromatic carbocycles. The predicted octanol–water partition coefficient (Wildman–Crippen LogP) is 2.18. The maximum absolute atomic E-state index is 12.5. The maximum atomic E-state index is 12.5. The van der Waals surface area contributed by atoms with Crippen LogP contribution in [0.1, 0.15) is 22.8 Å². The first-order valence-corrected chi connectivity index (χ1v) is 10.4. The van der Waals surface area contributed by atoms with Crippen LogP contribution in [0.5, 0.6) is 0 Å². The molecule has 144 valence electrons. The predicted molar refractivity (Wildman–Crippen MR) is 103 cm³/mol. The summed E-state index contributed by atoms with van der Waals surface area (Å²) in [6, 6.07) is 14.6. The molecule has 2 aromatic rings. The van der Waals surface area contributed by atoms with Crippen molar-refractivity contribution in [1.29, 1.82) is 0 Å². The molecule has 1 N–H and O–H groups in total. The number of rotatable bonds is 5. The quantitative estimate of drug-likeness (QED) is 0.852. The Kier molecular flexibility index (Phi) is 5.94. The summed E-state index contributed by atoms with van der Waals surface area (Å²) in [6.07, 6.45) is -0.194. The highest BCUT2D eigenvalue weighted by molar-refractivity contribution is 7.89. The lowest BCUT2D eigenvalue weighted by Crippen LogP contribution is -2.46. The summed E-state index contributed by atoms with van der Waals surface area (Å²) in [5.41, 5.74) is 2.92. The molecule has 1 amide bonds. The lowest BCUT2D eigenvalue weighted by Gasteiger charge is -2.33. The third-order valence-electron chi connectivity index (χ3n) is 4.79. The number of nitrogens with zero attached hydrogens (tertiary/aromatic N) is 1. The van der Waals surface area contributed by atoms with Gasteiger partial charge in [-0.3, -0.25) is 4.79 Å². The second kappa shape index (κ2) is 8.21. The van der Waals surface area contributed by atoms with Crippen LogP contribution in [0.4, 0.5) is 0 Å². The molecule has 0 saturated carbocycles. The zero-order chi connectivity index (χ0) is 19.4. The van der Waals surface area contributed by atoms with E-state index in [2.05, 4.69) is 4.72 Å². The SMILES string of the molecule is Cc1ccc(S(=O)(=O)NCC(=O)N2CCO[C@H](c3ccccc3)C2)cc1C. The van der Waals surface area contributed by atoms with Crippen LogP contribution < -0.4 is 4.72 Å². The van der Waals surface area contributed by atoms with E-state index in [0.29, 0.717) is 19.7 Å². The Bertz CT molecular complexity index is 913. The molecule has 0 radical (unpaired) electrons. The number of sulfonamides is 1. The molecule has 1 heterocycles. The van der Waals surface area contributed by atoms with Crippen molar-refractivity contribution in [3.05, 3.63) is 65.2 Å². The third-order valence-corrected chi connectivity index (χ3v) is 6.19. The van der Waals surface area contributed by atoms with Gasteiger partial charge in [-0.25, -0.2) is 13.1 Å². The van der Waals surface area contributed by atoms with Gasteiger partial charge in [0.05, 0.1) is 24.6 Å². The van der Waals surface area contributed by atoms with E-state index in [1.54, 1.807) is 23.1 Å². The second-order valence-corrected chi connectivity index (χ2v) is 8.45. The second-order valence-electron chi connectivity index (χ2n) is 6.68. The van der Waals surface area contributed by atoms with Gasteiger partial charge in [0, 0.05) is 6.54 Å². The van der Waals surface area contributed by atoms with Gasteiger partial charge < -0.3 is 9.64 Å². The highest BCUT2D eigenvalue weighted by Gasteiger charge is 2.26. The molecule has 27 heavy (non-hydrogen) atoms. The van der Waals surface area contributed by atoms with Crippen molar-refractivity contribution >= 4 is 15.9 Å². The molecule has 1 atom stereocenters. The number of carbonyl (C=O) groups excluding carboxylic acids is 1. The summed E-state index contributed by atoms with van der Waals surface area (Å²) in [5, 5.41) is 0. The minimum Gasteiger partial charge on any atom is -0.370 e. The van der Waals surface area contributed by atoms with E-state index in [0.717, 1.165) is 16.7 Å². The Morgan fingerprint density at radius 2 is 1.89 bits per heavy atom. The van der Waals surface area contributed by atoms with Crippen LogP contribution in [0.15, 0.2) is 53.4 Å². The molecule has 0 bridgehead atoms. The molecular weight excluding hydrogens is 364 g/mol. The van der Waals surface area contributed by atoms with Crippen LogP contribution >= 0.6 is 0 Å². The van der Waals surface area contributed by atoms with Gasteiger partial charge in [-0.2, -0.15) is 0 Å². The first-order valence-electron chi connectivity index (χ1n) is 8.88. The van der Waals surface area contributed by atoms with Crippen molar-refractivity contribution in [2.24, 2.45) is 0 Å². The fourth-order valence-corrected chi connectivity index (χ4v) is 4.04. The molecule has 3 rings (SSSR count). The molecule has 0 unspecified atom stereocenters. The van der Waals surface area contributed by atoms with Crippen molar-refractivity contribution in [3.63, 3.8) is 0 Å². The van der Waals surface area contributed by atoms with Gasteiger partial charge in [0.25, 0.3) is 0 Å². The Morgan fingerprint density at radius 1 is 1.15 bits per heavy atom. The lowest BCUT2D eigenvalue weighted by molar-refractivity contribution is -0.137. The van der Waals surface area contributed by atoms with Crippen molar-refractivity contribution in [2.75, 3.05) is 26.2 Å². The monoisotopic (exact) mass is 388 g/mol. The molecule has 1 saturated heterocycles. The number of ether oxygens (including phenoxy) is 1. The zero-order valence-corrected chi connectivity index (χ0v) is 16.3. The number of amides is 1. The highest BCUT2D eigenvalue weighted by Crippen LogP contribution is 2.22. The van der Waals surface area contributed by atoms with Gasteiger partial charge in [0.1, 0.15) is 6.10 Å². The summed E-state index contributed by atoms with van der Waals surface area (Å²) in [5.74, 6) is -0.258. The van der Waals surface area contributed by atoms with E-state index < -0.39 is 10.0 Å². The normalized spacial score (nSPS) is 17.7. The smallest absolute Gasteiger partial charge is 0.241 e. The minimum atomic E-state index is -3.73. The van der Waals surface area contributed by atoms with Gasteiger partial charge in [0.2, 0.25) is 15.9 Å². The Morgan fingerprint density at radius 3 is 2.59 bits per heavy atom. The number of benzene rings is 2. The average Bonchev–Trinajstić information content (AvgIpc) is 2.69. The number of carbonyl (C=O) groups is 1. The molecule has 1 aliphatic heterocycles. The maximum Gasteiger partial charge on any atom is 0.241 e. The Labute approximate surface area is 160 Å². The topological polar surface area (TPSA) is 75.7 Å². The van der Waals surface area contributed by atoms with Crippen molar-refractivity contribution < 1.29 is 17.9 Å². The molecule has 1 fully saturated rings. The summed E-state index contributed by atoms with van der Waals surface area (Å²) in [4.78, 5) is 14.3. The summed E-state index contributed by atoms with van der Waals surface area (Å²) in [6.45, 7) is 4.80. The van der Waals surface area contributed by atoms with Crippen LogP contribution in [-0.2, 0) is 19.6 Å². The number of hydrogen-bond acceptors (Lipinski definition) is 4. The van der Waals surface area contributed by atoms with E-state index in [-0.39, 0.29) is 23.5 Å². The van der Waals surface area contributed by atoms with Crippen LogP contribution in [0, 0.1) is 13.8 Å². The van der Waals surface area contributed by atoms with E-state index in [4.69, 9.17) is 4.74 Å². The molecular formula is C20H24N2O4S. The van der Waals surface area contributed by atoms with Crippen molar-refractivity contribution in [1.82, 2.24) is 9.62 Å². The van der Waals surface area contributed by atoms with E-state index >= 15 is 0 Å². The standard InChI is InChI=1S/C20H24N2O4S/c1-15-8-9-18(12-16(15)2)27(24,25)21-13-20(23)22-10-11-26-19(14-22)17-6-4-3-5-7-17/h3-9,12,19,21H,10-11,13-14H2,1-2H3/t19-/m0/s1. The van der Waals surface area contributed by atoms with E-state index in [1.807, 2.05) is 44.2 Å². The first-order chi connectivity index (χ1) is 12.9. The van der Waals surface area contributed by atoms with E-state index in [9.17, 15) is 13.2 Å². The van der Waals surface area contributed by atoms with Gasteiger partial charge in [-0.1, -0.05) is 36.4 Å². The fourth-order valence-electron chi connectivity index (χ4n) is 2.98. The van der Waals surface area contributed by atoms with Gasteiger partial charge in [0.15, 0.2) is 0 Å². The summed E-state index contributed by atoms with van der Waals surface area (Å²) in [7, 11) is -3.73. The van der Waals surface area contributed by atoms with Crippen LogP contribution in [0.25, 0.3) is 0 Å². The average molecular weight is 388 g/mol. The molecule has 1 aliphatic rings. The first kappa shape index (κ1) is 19.5. The molecule has 0 spiro atoms. The summed E-state index contributed by atoms with van der Waals surface area (Å²) < 4.78 is 33.1. The fraction of sp³-hybridized carbons (Fsp3) is 0.350. The van der Waals surface area contributed by atoms with Crippen LogP contribution in [-0.4, -0.2) is 45.5 Å².